The molecule has 0 bridgehead atoms. The maximum atomic E-state index is 13.4. The van der Waals surface area contributed by atoms with E-state index in [0.29, 0.717) is 23.9 Å². The molecule has 382 valence electrons. The third kappa shape index (κ3) is 46.6. The Hall–Kier alpha value is -2.55. The highest BCUT2D eigenvalue weighted by molar-refractivity contribution is 7.47. The van der Waals surface area contributed by atoms with Crippen LogP contribution < -0.4 is 5.32 Å². The summed E-state index contributed by atoms with van der Waals surface area (Å²) in [5.41, 5.74) is 0. The van der Waals surface area contributed by atoms with Crippen LogP contribution in [0, 0.1) is 0 Å². The summed E-state index contributed by atoms with van der Waals surface area (Å²) in [6, 6.07) is -0.869. The van der Waals surface area contributed by atoms with Gasteiger partial charge in [0.1, 0.15) is 19.3 Å². The molecule has 2 N–H and O–H groups in total. The number of allylic oxidation sites excluding steroid dienone is 11. The van der Waals surface area contributed by atoms with Crippen molar-refractivity contribution in [2.24, 2.45) is 0 Å². The SMILES string of the molecule is CC/C=C\C/C=C\C/C=C\C/C=C\C/C=C\CCCC(=O)OC(/C=C/CCCCCCCCCCCC)C(COP(=O)(O)OCC[N+](C)(C)C)NC(=O)CCCCCCCCCCCCC. The summed E-state index contributed by atoms with van der Waals surface area (Å²) in [7, 11) is 1.46. The molecule has 3 atom stereocenters. The molecule has 0 aliphatic carbocycles. The second-order valence-electron chi connectivity index (χ2n) is 19.0. The van der Waals surface area contributed by atoms with E-state index in [1.54, 1.807) is 0 Å². The van der Waals surface area contributed by atoms with Crippen molar-refractivity contribution in [2.75, 3.05) is 40.9 Å². The number of amides is 1. The molecule has 0 radical (unpaired) electrons. The van der Waals surface area contributed by atoms with Crippen LogP contribution in [0.1, 0.15) is 220 Å². The minimum Gasteiger partial charge on any atom is -0.456 e. The van der Waals surface area contributed by atoms with Crippen molar-refractivity contribution < 1.29 is 37.3 Å². The summed E-state index contributed by atoms with van der Waals surface area (Å²) in [4.78, 5) is 37.4. The van der Waals surface area contributed by atoms with Crippen molar-refractivity contribution in [3.8, 4) is 0 Å². The summed E-state index contributed by atoms with van der Waals surface area (Å²) in [6.45, 7) is 6.83. The highest BCUT2D eigenvalue weighted by atomic mass is 31.2. The number of likely N-dealkylation sites (N-methyl/N-ethyl adjacent to an activating group) is 1. The van der Waals surface area contributed by atoms with E-state index in [2.05, 4.69) is 86.8 Å². The molecular weight excluding hydrogens is 844 g/mol. The van der Waals surface area contributed by atoms with Gasteiger partial charge in [-0.15, -0.1) is 0 Å². The van der Waals surface area contributed by atoms with Crippen LogP contribution in [0.25, 0.3) is 0 Å². The topological polar surface area (TPSA) is 111 Å². The fraction of sp³-hybridized carbons (Fsp3) is 0.750. The molecule has 66 heavy (non-hydrogen) atoms. The number of unbranched alkanes of at least 4 members (excludes halogenated alkanes) is 21. The molecule has 1 amide bonds. The number of carbonyl (C=O) groups excluding carboxylic acids is 2. The number of hydrogen-bond acceptors (Lipinski definition) is 6. The largest absolute Gasteiger partial charge is 0.472 e. The van der Waals surface area contributed by atoms with Gasteiger partial charge in [0, 0.05) is 12.8 Å². The van der Waals surface area contributed by atoms with Crippen LogP contribution in [0.4, 0.5) is 0 Å². The summed E-state index contributed by atoms with van der Waals surface area (Å²) in [5.74, 6) is -0.576. The predicted octanol–water partition coefficient (Wildman–Crippen LogP) is 15.7. The minimum absolute atomic E-state index is 0.0300. The molecule has 0 fully saturated rings. The molecule has 0 saturated heterocycles. The third-order valence-corrected chi connectivity index (χ3v) is 12.4. The summed E-state index contributed by atoms with van der Waals surface area (Å²) < 4.78 is 30.5. The standard InChI is InChI=1S/C56H101N2O7P/c1-7-10-13-16-19-22-25-27-28-29-30-31-34-37-40-43-46-49-56(60)65-54(47-44-41-38-35-33-26-23-20-17-14-11-8-2)53(52-64-66(61,62)63-51-50-58(4,5)6)57-55(59)48-45-42-39-36-32-24-21-18-15-12-9-3/h10,13,19,22,27-28,30-31,37,40,44,47,53-54H,7-9,11-12,14-18,20-21,23-26,29,32-36,38-39,41-43,45-46,48-52H2,1-6H3,(H-,57,59,61,62)/p+1/b13-10-,22-19-,28-27-,31-30-,40-37-,47-44+. The van der Waals surface area contributed by atoms with E-state index in [-0.39, 0.29) is 31.5 Å². The van der Waals surface area contributed by atoms with E-state index < -0.39 is 20.0 Å². The van der Waals surface area contributed by atoms with E-state index in [0.717, 1.165) is 77.0 Å². The Morgan fingerprint density at radius 1 is 0.545 bits per heavy atom. The van der Waals surface area contributed by atoms with Crippen LogP contribution in [0.15, 0.2) is 72.9 Å². The minimum atomic E-state index is -4.45. The first-order chi connectivity index (χ1) is 31.9. The van der Waals surface area contributed by atoms with E-state index in [4.69, 9.17) is 13.8 Å². The van der Waals surface area contributed by atoms with Crippen LogP contribution in [0.5, 0.6) is 0 Å². The van der Waals surface area contributed by atoms with Gasteiger partial charge in [-0.3, -0.25) is 18.6 Å². The number of hydrogen-bond donors (Lipinski definition) is 2. The maximum Gasteiger partial charge on any atom is 0.472 e. The zero-order valence-electron chi connectivity index (χ0n) is 43.4. The molecule has 0 aliphatic heterocycles. The third-order valence-electron chi connectivity index (χ3n) is 11.4. The van der Waals surface area contributed by atoms with Gasteiger partial charge >= 0.3 is 13.8 Å². The van der Waals surface area contributed by atoms with E-state index >= 15 is 0 Å². The number of nitrogens with one attached hydrogen (secondary N) is 1. The number of quaternary nitrogens is 1. The van der Waals surface area contributed by atoms with Gasteiger partial charge < -0.3 is 19.4 Å². The molecule has 9 nitrogen and oxygen atoms in total. The fourth-order valence-electron chi connectivity index (χ4n) is 7.27. The van der Waals surface area contributed by atoms with Gasteiger partial charge in [0.2, 0.25) is 5.91 Å². The van der Waals surface area contributed by atoms with E-state index in [1.165, 1.54) is 103 Å². The normalized spacial score (nSPS) is 14.5. The molecule has 0 spiro atoms. The van der Waals surface area contributed by atoms with Crippen LogP contribution in [-0.4, -0.2) is 74.3 Å². The number of esters is 1. The molecular formula is C56H102N2O7P+. The molecule has 0 aromatic rings. The second kappa shape index (κ2) is 46.2. The number of phosphoric acid groups is 1. The Bertz CT molecular complexity index is 1370. The van der Waals surface area contributed by atoms with Crippen LogP contribution >= 0.6 is 7.82 Å². The van der Waals surface area contributed by atoms with Crippen molar-refractivity contribution in [1.29, 1.82) is 0 Å². The molecule has 0 heterocycles. The number of ether oxygens (including phenoxy) is 1. The molecule has 0 aromatic carbocycles. The lowest BCUT2D eigenvalue weighted by atomic mass is 10.0. The van der Waals surface area contributed by atoms with Crippen LogP contribution in [-0.2, 0) is 27.9 Å². The lowest BCUT2D eigenvalue weighted by molar-refractivity contribution is -0.870. The summed E-state index contributed by atoms with van der Waals surface area (Å²) in [6.07, 6.45) is 57.6. The van der Waals surface area contributed by atoms with Gasteiger partial charge in [0.15, 0.2) is 0 Å². The highest BCUT2D eigenvalue weighted by Gasteiger charge is 2.30. The van der Waals surface area contributed by atoms with Crippen LogP contribution in [0.3, 0.4) is 0 Å². The second-order valence-corrected chi connectivity index (χ2v) is 20.5. The molecule has 10 heteroatoms. The fourth-order valence-corrected chi connectivity index (χ4v) is 8.00. The first kappa shape index (κ1) is 63.5. The summed E-state index contributed by atoms with van der Waals surface area (Å²) >= 11 is 0. The molecule has 0 aromatic heterocycles. The van der Waals surface area contributed by atoms with E-state index in [1.807, 2.05) is 33.3 Å². The predicted molar refractivity (Wildman–Crippen MR) is 281 cm³/mol. The first-order valence-electron chi connectivity index (χ1n) is 26.8. The van der Waals surface area contributed by atoms with Gasteiger partial charge in [-0.05, 0) is 70.3 Å². The van der Waals surface area contributed by atoms with Gasteiger partial charge in [-0.1, -0.05) is 210 Å². The van der Waals surface area contributed by atoms with Gasteiger partial charge in [0.25, 0.3) is 0 Å². The van der Waals surface area contributed by atoms with Crippen molar-refractivity contribution in [1.82, 2.24) is 5.32 Å². The van der Waals surface area contributed by atoms with Gasteiger partial charge in [-0.25, -0.2) is 4.57 Å². The average molecular weight is 946 g/mol. The molecule has 3 unspecified atom stereocenters. The molecule has 0 saturated carbocycles. The number of rotatable bonds is 47. The number of phosphoric ester groups is 1. The van der Waals surface area contributed by atoms with Crippen molar-refractivity contribution >= 4 is 19.7 Å². The zero-order chi connectivity index (χ0) is 48.7. The number of nitrogens with zero attached hydrogens (tertiary/aromatic N) is 1. The Kier molecular flexibility index (Phi) is 44.4. The smallest absolute Gasteiger partial charge is 0.456 e. The molecule has 0 rings (SSSR count). The quantitative estimate of drug-likeness (QED) is 0.0205. The highest BCUT2D eigenvalue weighted by Crippen LogP contribution is 2.43. The maximum absolute atomic E-state index is 13.4. The zero-order valence-corrected chi connectivity index (χ0v) is 44.3. The van der Waals surface area contributed by atoms with Gasteiger partial charge in [0.05, 0.1) is 33.8 Å². The lowest BCUT2D eigenvalue weighted by Crippen LogP contribution is -2.47. The molecule has 0 aliphatic rings. The summed E-state index contributed by atoms with van der Waals surface area (Å²) in [5, 5.41) is 3.02. The number of carbonyl (C=O) groups is 2. The Balaban J connectivity index is 5.50. The van der Waals surface area contributed by atoms with Crippen molar-refractivity contribution in [3.05, 3.63) is 72.9 Å². The first-order valence-corrected chi connectivity index (χ1v) is 28.3. The Labute approximate surface area is 406 Å². The lowest BCUT2D eigenvalue weighted by Gasteiger charge is -2.27. The monoisotopic (exact) mass is 946 g/mol. The Morgan fingerprint density at radius 2 is 0.985 bits per heavy atom. The van der Waals surface area contributed by atoms with Crippen molar-refractivity contribution in [3.63, 3.8) is 0 Å². The van der Waals surface area contributed by atoms with E-state index in [9.17, 15) is 19.0 Å². The van der Waals surface area contributed by atoms with Gasteiger partial charge in [-0.2, -0.15) is 0 Å². The van der Waals surface area contributed by atoms with Crippen molar-refractivity contribution in [2.45, 2.75) is 232 Å². The average Bonchev–Trinajstić information content (AvgIpc) is 3.27. The Morgan fingerprint density at radius 3 is 1.47 bits per heavy atom. The van der Waals surface area contributed by atoms with Crippen LogP contribution in [0.2, 0.25) is 0 Å².